The van der Waals surface area contributed by atoms with E-state index in [0.717, 1.165) is 5.56 Å². The summed E-state index contributed by atoms with van der Waals surface area (Å²) in [6.45, 7) is -1.80. The highest BCUT2D eigenvalue weighted by atomic mass is 19.4. The first kappa shape index (κ1) is 16.5. The molecular formula is C13H17F3N2O2. The van der Waals surface area contributed by atoms with Crippen LogP contribution >= 0.6 is 0 Å². The molecular weight excluding hydrogens is 273 g/mol. The quantitative estimate of drug-likeness (QED) is 0.827. The van der Waals surface area contributed by atoms with Crippen LogP contribution in [0, 0.1) is 0 Å². The molecule has 0 fully saturated rings. The smallest absolute Gasteiger partial charge is 0.395 e. The van der Waals surface area contributed by atoms with Gasteiger partial charge in [0, 0.05) is 12.1 Å². The molecule has 0 spiro atoms. The van der Waals surface area contributed by atoms with Crippen molar-refractivity contribution in [1.82, 2.24) is 4.90 Å². The Morgan fingerprint density at radius 1 is 1.25 bits per heavy atom. The summed E-state index contributed by atoms with van der Waals surface area (Å²) >= 11 is 0. The number of rotatable bonds is 6. The number of carbonyl (C=O) groups excluding carboxylic acids is 1. The number of hydrogen-bond acceptors (Lipinski definition) is 3. The zero-order valence-corrected chi connectivity index (χ0v) is 10.9. The van der Waals surface area contributed by atoms with E-state index >= 15 is 0 Å². The summed E-state index contributed by atoms with van der Waals surface area (Å²) in [7, 11) is 0. The van der Waals surface area contributed by atoms with Crippen LogP contribution in [-0.4, -0.2) is 48.3 Å². The van der Waals surface area contributed by atoms with Crippen LogP contribution in [0.2, 0.25) is 0 Å². The molecule has 112 valence electrons. The minimum absolute atomic E-state index is 0.156. The Hall–Kier alpha value is -1.60. The molecule has 0 aliphatic rings. The van der Waals surface area contributed by atoms with Crippen molar-refractivity contribution in [2.45, 2.75) is 12.6 Å². The summed E-state index contributed by atoms with van der Waals surface area (Å²) in [6, 6.07) is 6.25. The topological polar surface area (TPSA) is 66.6 Å². The molecule has 0 aliphatic carbocycles. The van der Waals surface area contributed by atoms with Crippen LogP contribution in [0.15, 0.2) is 24.3 Å². The Labute approximate surface area is 115 Å². The van der Waals surface area contributed by atoms with Gasteiger partial charge in [-0.15, -0.1) is 0 Å². The van der Waals surface area contributed by atoms with Gasteiger partial charge in [-0.3, -0.25) is 4.79 Å². The van der Waals surface area contributed by atoms with Crippen LogP contribution in [-0.2, 0) is 6.42 Å². The Morgan fingerprint density at radius 2 is 1.85 bits per heavy atom. The van der Waals surface area contributed by atoms with Crippen molar-refractivity contribution < 1.29 is 23.1 Å². The second-order valence-electron chi connectivity index (χ2n) is 4.30. The molecule has 20 heavy (non-hydrogen) atoms. The van der Waals surface area contributed by atoms with Crippen molar-refractivity contribution >= 4 is 5.91 Å². The lowest BCUT2D eigenvalue weighted by Gasteiger charge is -2.23. The molecule has 0 saturated heterocycles. The number of nitrogens with two attached hydrogens (primary N) is 1. The number of aliphatic hydroxyl groups is 1. The highest BCUT2D eigenvalue weighted by Gasteiger charge is 2.33. The van der Waals surface area contributed by atoms with Crippen molar-refractivity contribution in [3.63, 3.8) is 0 Å². The standard InChI is InChI=1S/C13H17F3N2O2/c14-13(15,16)9-18(7-8-19)12(20)11-3-1-10(2-4-11)5-6-17/h1-4,19H,5-9,17H2. The summed E-state index contributed by atoms with van der Waals surface area (Å²) < 4.78 is 37.1. The minimum Gasteiger partial charge on any atom is -0.395 e. The van der Waals surface area contributed by atoms with Crippen LogP contribution in [0.1, 0.15) is 15.9 Å². The molecule has 3 N–H and O–H groups in total. The second-order valence-corrected chi connectivity index (χ2v) is 4.30. The maximum atomic E-state index is 12.4. The Bertz CT molecular complexity index is 432. The lowest BCUT2D eigenvalue weighted by molar-refractivity contribution is -0.141. The van der Waals surface area contributed by atoms with E-state index < -0.39 is 25.2 Å². The molecule has 4 nitrogen and oxygen atoms in total. The zero-order chi connectivity index (χ0) is 15.2. The number of carbonyl (C=O) groups is 1. The number of nitrogens with zero attached hydrogens (tertiary/aromatic N) is 1. The van der Waals surface area contributed by atoms with Crippen LogP contribution in [0.25, 0.3) is 0 Å². The average Bonchev–Trinajstić information content (AvgIpc) is 2.37. The van der Waals surface area contributed by atoms with Crippen LogP contribution in [0.5, 0.6) is 0 Å². The average molecular weight is 290 g/mol. The SMILES string of the molecule is NCCc1ccc(C(=O)N(CCO)CC(F)(F)F)cc1. The Morgan fingerprint density at radius 3 is 2.30 bits per heavy atom. The molecule has 0 saturated carbocycles. The number of aliphatic hydroxyl groups excluding tert-OH is 1. The highest BCUT2D eigenvalue weighted by molar-refractivity contribution is 5.94. The van der Waals surface area contributed by atoms with E-state index in [-0.39, 0.29) is 12.1 Å². The molecule has 7 heteroatoms. The monoisotopic (exact) mass is 290 g/mol. The predicted octanol–water partition coefficient (Wildman–Crippen LogP) is 1.18. The number of alkyl halides is 3. The summed E-state index contributed by atoms with van der Waals surface area (Å²) in [5.41, 5.74) is 6.45. The van der Waals surface area contributed by atoms with Gasteiger partial charge in [0.2, 0.25) is 0 Å². The summed E-state index contributed by atoms with van der Waals surface area (Å²) in [4.78, 5) is 12.6. The molecule has 1 aromatic carbocycles. The van der Waals surface area contributed by atoms with Crippen molar-refractivity contribution in [2.75, 3.05) is 26.2 Å². The molecule has 0 aliphatic heterocycles. The maximum absolute atomic E-state index is 12.4. The largest absolute Gasteiger partial charge is 0.406 e. The van der Waals surface area contributed by atoms with Crippen LogP contribution in [0.3, 0.4) is 0 Å². The minimum atomic E-state index is -4.50. The first-order valence-electron chi connectivity index (χ1n) is 6.13. The normalized spacial score (nSPS) is 11.4. The summed E-state index contributed by atoms with van der Waals surface area (Å²) in [5, 5.41) is 8.77. The van der Waals surface area contributed by atoms with E-state index in [1.54, 1.807) is 12.1 Å². The molecule has 0 radical (unpaired) electrons. The fourth-order valence-corrected chi connectivity index (χ4v) is 1.75. The first-order valence-corrected chi connectivity index (χ1v) is 6.13. The summed E-state index contributed by atoms with van der Waals surface area (Å²) in [6.07, 6.45) is -3.86. The van der Waals surface area contributed by atoms with E-state index in [1.165, 1.54) is 12.1 Å². The number of halogens is 3. The van der Waals surface area contributed by atoms with Gasteiger partial charge in [0.25, 0.3) is 5.91 Å². The molecule has 0 unspecified atom stereocenters. The molecule has 0 bridgehead atoms. The highest BCUT2D eigenvalue weighted by Crippen LogP contribution is 2.18. The fourth-order valence-electron chi connectivity index (χ4n) is 1.75. The Balaban J connectivity index is 2.83. The third-order valence-corrected chi connectivity index (χ3v) is 2.66. The second kappa shape index (κ2) is 7.25. The van der Waals surface area contributed by atoms with E-state index in [1.807, 2.05) is 0 Å². The first-order chi connectivity index (χ1) is 9.37. The van der Waals surface area contributed by atoms with E-state index in [0.29, 0.717) is 17.9 Å². The molecule has 1 aromatic rings. The molecule has 1 amide bonds. The van der Waals surface area contributed by atoms with Gasteiger partial charge in [-0.05, 0) is 30.7 Å². The van der Waals surface area contributed by atoms with Crippen molar-refractivity contribution in [3.8, 4) is 0 Å². The molecule has 0 aromatic heterocycles. The van der Waals surface area contributed by atoms with E-state index in [4.69, 9.17) is 10.8 Å². The third kappa shape index (κ3) is 5.18. The molecule has 0 atom stereocenters. The zero-order valence-electron chi connectivity index (χ0n) is 10.9. The van der Waals surface area contributed by atoms with Crippen molar-refractivity contribution in [2.24, 2.45) is 5.73 Å². The van der Waals surface area contributed by atoms with Crippen molar-refractivity contribution in [1.29, 1.82) is 0 Å². The molecule has 1 rings (SSSR count). The van der Waals surface area contributed by atoms with Crippen molar-refractivity contribution in [3.05, 3.63) is 35.4 Å². The van der Waals surface area contributed by atoms with Gasteiger partial charge < -0.3 is 15.7 Å². The molecule has 0 heterocycles. The third-order valence-electron chi connectivity index (χ3n) is 2.66. The van der Waals surface area contributed by atoms with Gasteiger partial charge >= 0.3 is 6.18 Å². The van der Waals surface area contributed by atoms with E-state index in [9.17, 15) is 18.0 Å². The van der Waals surface area contributed by atoms with Gasteiger partial charge in [0.05, 0.1) is 6.61 Å². The lowest BCUT2D eigenvalue weighted by Crippen LogP contribution is -2.40. The summed E-state index contributed by atoms with van der Waals surface area (Å²) in [5.74, 6) is -0.754. The maximum Gasteiger partial charge on any atom is 0.406 e. The number of benzene rings is 1. The van der Waals surface area contributed by atoms with Gasteiger partial charge in [0.15, 0.2) is 0 Å². The lowest BCUT2D eigenvalue weighted by atomic mass is 10.1. The number of amides is 1. The van der Waals surface area contributed by atoms with Gasteiger partial charge in [0.1, 0.15) is 6.54 Å². The predicted molar refractivity (Wildman–Crippen MR) is 68.2 cm³/mol. The van der Waals surface area contributed by atoms with Gasteiger partial charge in [-0.2, -0.15) is 13.2 Å². The number of hydrogen-bond donors (Lipinski definition) is 2. The van der Waals surface area contributed by atoms with Crippen LogP contribution < -0.4 is 5.73 Å². The van der Waals surface area contributed by atoms with Gasteiger partial charge in [-0.1, -0.05) is 12.1 Å². The van der Waals surface area contributed by atoms with Gasteiger partial charge in [-0.25, -0.2) is 0 Å². The Kier molecular flexibility index (Phi) is 5.97. The van der Waals surface area contributed by atoms with Crippen LogP contribution in [0.4, 0.5) is 13.2 Å². The van der Waals surface area contributed by atoms with E-state index in [2.05, 4.69) is 0 Å². The fraction of sp³-hybridized carbons (Fsp3) is 0.462.